The Kier molecular flexibility index (Phi) is 2.26. The Morgan fingerprint density at radius 1 is 0.917 bits per heavy atom. The normalized spacial score (nSPS) is 10.1. The number of rotatable bonds is 1. The molecule has 1 aromatic rings. The van der Waals surface area contributed by atoms with Crippen molar-refractivity contribution in [2.75, 3.05) is 19.0 Å². The Morgan fingerprint density at radius 3 is 1.92 bits per heavy atom. The van der Waals surface area contributed by atoms with Crippen LogP contribution >= 0.6 is 0 Å². The predicted octanol–water partition coefficient (Wildman–Crippen LogP) is 2.17. The molecule has 1 rings (SSSR count). The number of nitrogens with zero attached hydrogens (tertiary/aromatic N) is 1. The standard InChI is InChI=1S/C8H8F3N/c1-12(2)8-4-6(10)5(9)3-7(8)11/h3-4H,1-2H3. The Morgan fingerprint density at radius 2 is 1.42 bits per heavy atom. The van der Waals surface area contributed by atoms with Gasteiger partial charge in [0, 0.05) is 26.2 Å². The molecular formula is C8H8F3N. The first-order chi connectivity index (χ1) is 5.52. The molecule has 1 aromatic carbocycles. The van der Waals surface area contributed by atoms with E-state index in [0.29, 0.717) is 6.07 Å². The molecule has 0 aliphatic heterocycles. The summed E-state index contributed by atoms with van der Waals surface area (Å²) in [5.74, 6) is -2.97. The maximum absolute atomic E-state index is 12.8. The molecule has 1 nitrogen and oxygen atoms in total. The second kappa shape index (κ2) is 3.05. The first-order valence-corrected chi connectivity index (χ1v) is 3.34. The Hall–Kier alpha value is -1.19. The molecule has 0 heterocycles. The monoisotopic (exact) mass is 175 g/mol. The Bertz CT molecular complexity index is 297. The first kappa shape index (κ1) is 8.90. The second-order valence-corrected chi connectivity index (χ2v) is 2.61. The summed E-state index contributed by atoms with van der Waals surface area (Å²) >= 11 is 0. The van der Waals surface area contributed by atoms with E-state index in [1.807, 2.05) is 0 Å². The van der Waals surface area contributed by atoms with Crippen molar-refractivity contribution in [3.05, 3.63) is 29.6 Å². The van der Waals surface area contributed by atoms with E-state index < -0.39 is 17.5 Å². The first-order valence-electron chi connectivity index (χ1n) is 3.34. The minimum Gasteiger partial charge on any atom is -0.375 e. The van der Waals surface area contributed by atoms with Crippen LogP contribution in [0.25, 0.3) is 0 Å². The van der Waals surface area contributed by atoms with Gasteiger partial charge >= 0.3 is 0 Å². The van der Waals surface area contributed by atoms with E-state index in [1.54, 1.807) is 14.1 Å². The molecule has 0 aromatic heterocycles. The van der Waals surface area contributed by atoms with Crippen molar-refractivity contribution < 1.29 is 13.2 Å². The molecule has 0 saturated heterocycles. The summed E-state index contributed by atoms with van der Waals surface area (Å²) in [6.07, 6.45) is 0. The molecule has 12 heavy (non-hydrogen) atoms. The molecule has 66 valence electrons. The van der Waals surface area contributed by atoms with Crippen molar-refractivity contribution in [2.45, 2.75) is 0 Å². The summed E-state index contributed by atoms with van der Waals surface area (Å²) in [4.78, 5) is 1.37. The number of hydrogen-bond donors (Lipinski definition) is 0. The van der Waals surface area contributed by atoms with Gasteiger partial charge in [0.2, 0.25) is 0 Å². The van der Waals surface area contributed by atoms with Gasteiger partial charge in [-0.3, -0.25) is 0 Å². The molecule has 0 spiro atoms. The predicted molar refractivity (Wildman–Crippen MR) is 40.6 cm³/mol. The van der Waals surface area contributed by atoms with E-state index in [2.05, 4.69) is 0 Å². The number of halogens is 3. The fraction of sp³-hybridized carbons (Fsp3) is 0.250. The number of anilines is 1. The van der Waals surface area contributed by atoms with Gasteiger partial charge < -0.3 is 4.90 Å². The third-order valence-corrected chi connectivity index (χ3v) is 1.47. The molecule has 0 radical (unpaired) electrons. The summed E-state index contributed by atoms with van der Waals surface area (Å²) in [6.45, 7) is 0. The number of hydrogen-bond acceptors (Lipinski definition) is 1. The van der Waals surface area contributed by atoms with Gasteiger partial charge in [-0.25, -0.2) is 13.2 Å². The maximum Gasteiger partial charge on any atom is 0.161 e. The van der Waals surface area contributed by atoms with Gasteiger partial charge in [-0.15, -0.1) is 0 Å². The Labute approximate surface area is 68.4 Å². The van der Waals surface area contributed by atoms with E-state index in [-0.39, 0.29) is 5.69 Å². The lowest BCUT2D eigenvalue weighted by Crippen LogP contribution is -2.11. The molecule has 0 fully saturated rings. The highest BCUT2D eigenvalue weighted by Gasteiger charge is 2.10. The molecule has 4 heteroatoms. The summed E-state index contributed by atoms with van der Waals surface area (Å²) in [5.41, 5.74) is 0.0360. The molecular weight excluding hydrogens is 167 g/mol. The molecule has 0 aliphatic rings. The summed E-state index contributed by atoms with van der Waals surface area (Å²) < 4.78 is 37.8. The molecule has 0 aliphatic carbocycles. The van der Waals surface area contributed by atoms with Gasteiger partial charge in [-0.2, -0.15) is 0 Å². The van der Waals surface area contributed by atoms with Crippen LogP contribution in [0.5, 0.6) is 0 Å². The van der Waals surface area contributed by atoms with E-state index >= 15 is 0 Å². The second-order valence-electron chi connectivity index (χ2n) is 2.61. The average molecular weight is 175 g/mol. The molecule has 0 atom stereocenters. The summed E-state index contributed by atoms with van der Waals surface area (Å²) in [7, 11) is 3.10. The summed E-state index contributed by atoms with van der Waals surface area (Å²) in [6, 6.07) is 1.36. The van der Waals surface area contributed by atoms with Crippen molar-refractivity contribution in [2.24, 2.45) is 0 Å². The van der Waals surface area contributed by atoms with Crippen molar-refractivity contribution in [1.82, 2.24) is 0 Å². The zero-order valence-corrected chi connectivity index (χ0v) is 6.74. The van der Waals surface area contributed by atoms with Gasteiger partial charge in [-0.05, 0) is 0 Å². The van der Waals surface area contributed by atoms with Crippen molar-refractivity contribution in [3.8, 4) is 0 Å². The van der Waals surface area contributed by atoms with E-state index in [9.17, 15) is 13.2 Å². The van der Waals surface area contributed by atoms with Crippen LogP contribution < -0.4 is 4.90 Å². The summed E-state index contributed by atoms with van der Waals surface area (Å²) in [5, 5.41) is 0. The Balaban J connectivity index is 3.23. The SMILES string of the molecule is CN(C)c1cc(F)c(F)cc1F. The topological polar surface area (TPSA) is 3.24 Å². The highest BCUT2D eigenvalue weighted by atomic mass is 19.2. The molecule has 0 N–H and O–H groups in total. The fourth-order valence-electron chi connectivity index (χ4n) is 0.855. The van der Waals surface area contributed by atoms with Gasteiger partial charge in [0.25, 0.3) is 0 Å². The van der Waals surface area contributed by atoms with E-state index in [1.165, 1.54) is 4.90 Å². The third kappa shape index (κ3) is 1.52. The highest BCUT2D eigenvalue weighted by molar-refractivity contribution is 5.46. The van der Waals surface area contributed by atoms with Crippen LogP contribution in [0.1, 0.15) is 0 Å². The van der Waals surface area contributed by atoms with Gasteiger partial charge in [0.05, 0.1) is 5.69 Å². The fourth-order valence-corrected chi connectivity index (χ4v) is 0.855. The maximum atomic E-state index is 12.8. The van der Waals surface area contributed by atoms with E-state index in [0.717, 1.165) is 6.07 Å². The lowest BCUT2D eigenvalue weighted by atomic mass is 10.2. The minimum atomic E-state index is -1.17. The van der Waals surface area contributed by atoms with Crippen LogP contribution in [0, 0.1) is 17.5 Å². The quantitative estimate of drug-likeness (QED) is 0.591. The van der Waals surface area contributed by atoms with E-state index in [4.69, 9.17) is 0 Å². The van der Waals surface area contributed by atoms with Crippen LogP contribution in [0.2, 0.25) is 0 Å². The van der Waals surface area contributed by atoms with Crippen molar-refractivity contribution in [1.29, 1.82) is 0 Å². The van der Waals surface area contributed by atoms with Gasteiger partial charge in [-0.1, -0.05) is 0 Å². The molecule has 0 unspecified atom stereocenters. The molecule has 0 saturated carbocycles. The number of benzene rings is 1. The zero-order valence-electron chi connectivity index (χ0n) is 6.74. The van der Waals surface area contributed by atoms with Gasteiger partial charge in [0.1, 0.15) is 5.82 Å². The van der Waals surface area contributed by atoms with Crippen LogP contribution in [0.4, 0.5) is 18.9 Å². The smallest absolute Gasteiger partial charge is 0.161 e. The van der Waals surface area contributed by atoms with Crippen LogP contribution in [0.3, 0.4) is 0 Å². The highest BCUT2D eigenvalue weighted by Crippen LogP contribution is 2.20. The minimum absolute atomic E-state index is 0.0360. The van der Waals surface area contributed by atoms with Crippen LogP contribution in [-0.2, 0) is 0 Å². The van der Waals surface area contributed by atoms with Crippen molar-refractivity contribution in [3.63, 3.8) is 0 Å². The van der Waals surface area contributed by atoms with Crippen LogP contribution in [-0.4, -0.2) is 14.1 Å². The van der Waals surface area contributed by atoms with Crippen molar-refractivity contribution >= 4 is 5.69 Å². The lowest BCUT2D eigenvalue weighted by Gasteiger charge is -2.13. The molecule has 0 amide bonds. The third-order valence-electron chi connectivity index (χ3n) is 1.47. The lowest BCUT2D eigenvalue weighted by molar-refractivity contribution is 0.495. The molecule has 0 bridgehead atoms. The van der Waals surface area contributed by atoms with Crippen LogP contribution in [0.15, 0.2) is 12.1 Å². The largest absolute Gasteiger partial charge is 0.375 e. The van der Waals surface area contributed by atoms with Gasteiger partial charge in [0.15, 0.2) is 11.6 Å². The average Bonchev–Trinajstić information content (AvgIpc) is 1.96. The zero-order chi connectivity index (χ0) is 9.30.